The van der Waals surface area contributed by atoms with Gasteiger partial charge in [-0.2, -0.15) is 0 Å². The van der Waals surface area contributed by atoms with Crippen LogP contribution < -0.4 is 24.6 Å². The zero-order valence-corrected chi connectivity index (χ0v) is 15.4. The van der Waals surface area contributed by atoms with E-state index < -0.39 is 0 Å². The van der Waals surface area contributed by atoms with E-state index in [1.54, 1.807) is 37.3 Å². The lowest BCUT2D eigenvalue weighted by Crippen LogP contribution is -3.05. The summed E-state index contributed by atoms with van der Waals surface area (Å²) in [4.78, 5) is 27.7. The van der Waals surface area contributed by atoms with Crippen LogP contribution in [0, 0.1) is 5.92 Å². The summed E-state index contributed by atoms with van der Waals surface area (Å²) in [5.41, 5.74) is 0.637. The Morgan fingerprint density at radius 3 is 2.72 bits per heavy atom. The number of quaternary nitrogens is 1. The molecule has 1 aromatic rings. The van der Waals surface area contributed by atoms with Crippen LogP contribution in [0.15, 0.2) is 18.2 Å². The molecule has 7 heteroatoms. The van der Waals surface area contributed by atoms with Crippen molar-refractivity contribution in [2.45, 2.75) is 12.8 Å². The smallest absolute Gasteiger partial charge is 0.227 e. The molecule has 1 heterocycles. The monoisotopic (exact) mass is 350 g/mol. The van der Waals surface area contributed by atoms with Gasteiger partial charge >= 0.3 is 0 Å². The van der Waals surface area contributed by atoms with Gasteiger partial charge in [-0.15, -0.1) is 0 Å². The molecule has 2 N–H and O–H groups in total. The first-order valence-electron chi connectivity index (χ1n) is 8.55. The maximum atomic E-state index is 12.4. The average Bonchev–Trinajstić information content (AvgIpc) is 2.99. The molecule has 0 unspecified atom stereocenters. The van der Waals surface area contributed by atoms with Gasteiger partial charge in [0, 0.05) is 32.0 Å². The van der Waals surface area contributed by atoms with Crippen LogP contribution in [0.3, 0.4) is 0 Å². The second-order valence-electron chi connectivity index (χ2n) is 6.54. The number of benzene rings is 1. The molecular weight excluding hydrogens is 322 g/mol. The number of hydrogen-bond donors (Lipinski definition) is 2. The van der Waals surface area contributed by atoms with Crippen molar-refractivity contribution < 1.29 is 24.0 Å². The van der Waals surface area contributed by atoms with Gasteiger partial charge in [-0.1, -0.05) is 0 Å². The van der Waals surface area contributed by atoms with Crippen molar-refractivity contribution in [3.63, 3.8) is 0 Å². The van der Waals surface area contributed by atoms with Gasteiger partial charge in [0.25, 0.3) is 0 Å². The van der Waals surface area contributed by atoms with Crippen LogP contribution in [0.5, 0.6) is 11.5 Å². The molecule has 2 rings (SSSR count). The van der Waals surface area contributed by atoms with Gasteiger partial charge in [0.2, 0.25) is 11.8 Å². The van der Waals surface area contributed by atoms with E-state index in [-0.39, 0.29) is 24.2 Å². The number of carbonyl (C=O) groups is 2. The van der Waals surface area contributed by atoms with Gasteiger partial charge in [0.15, 0.2) is 0 Å². The Morgan fingerprint density at radius 2 is 2.08 bits per heavy atom. The van der Waals surface area contributed by atoms with Crippen LogP contribution in [-0.4, -0.2) is 59.8 Å². The molecule has 7 nitrogen and oxygen atoms in total. The Hall–Kier alpha value is -2.28. The van der Waals surface area contributed by atoms with Crippen molar-refractivity contribution in [3.05, 3.63) is 18.2 Å². The molecule has 0 aromatic heterocycles. The van der Waals surface area contributed by atoms with E-state index in [9.17, 15) is 9.59 Å². The van der Waals surface area contributed by atoms with Crippen molar-refractivity contribution >= 4 is 17.5 Å². The molecule has 138 valence electrons. The number of anilines is 1. The van der Waals surface area contributed by atoms with Crippen LogP contribution in [0.2, 0.25) is 0 Å². The number of hydrogen-bond acceptors (Lipinski definition) is 4. The Kier molecular flexibility index (Phi) is 6.64. The normalized spacial score (nSPS) is 17.1. The standard InChI is InChI=1S/C18H27N3O4/c1-20(2)9-5-8-19-18(23)13-10-17(22)21(12-13)15-11-14(24-3)6-7-16(15)25-4/h6-7,11,13H,5,8-10,12H2,1-4H3,(H,19,23)/p+1/t13-/m0/s1. The highest BCUT2D eigenvalue weighted by atomic mass is 16.5. The number of carbonyl (C=O) groups excluding carboxylic acids is 2. The molecule has 25 heavy (non-hydrogen) atoms. The van der Waals surface area contributed by atoms with Crippen molar-refractivity contribution in [3.8, 4) is 11.5 Å². The van der Waals surface area contributed by atoms with Gasteiger partial charge in [-0.05, 0) is 12.1 Å². The molecule has 0 spiro atoms. The molecular formula is C18H28N3O4+. The summed E-state index contributed by atoms with van der Waals surface area (Å²) in [6.07, 6.45) is 1.13. The summed E-state index contributed by atoms with van der Waals surface area (Å²) in [5, 5.41) is 2.94. The lowest BCUT2D eigenvalue weighted by molar-refractivity contribution is -0.858. The van der Waals surface area contributed by atoms with Gasteiger partial charge in [0.05, 0.1) is 46.5 Å². The Labute approximate surface area is 148 Å². The van der Waals surface area contributed by atoms with Crippen LogP contribution >= 0.6 is 0 Å². The molecule has 0 saturated carbocycles. The second kappa shape index (κ2) is 8.71. The summed E-state index contributed by atoms with van der Waals surface area (Å²) >= 11 is 0. The summed E-state index contributed by atoms with van der Waals surface area (Å²) in [5.74, 6) is 0.748. The molecule has 0 bridgehead atoms. The van der Waals surface area contributed by atoms with E-state index in [0.29, 0.717) is 30.3 Å². The summed E-state index contributed by atoms with van der Waals surface area (Å²) in [6, 6.07) is 5.30. The molecule has 2 amide bonds. The van der Waals surface area contributed by atoms with Crippen molar-refractivity contribution in [1.82, 2.24) is 5.32 Å². The van der Waals surface area contributed by atoms with Crippen LogP contribution in [0.25, 0.3) is 0 Å². The number of methoxy groups -OCH3 is 2. The molecule has 1 fully saturated rings. The Morgan fingerprint density at radius 1 is 1.32 bits per heavy atom. The minimum absolute atomic E-state index is 0.0635. The zero-order chi connectivity index (χ0) is 18.4. The minimum atomic E-state index is -0.338. The summed E-state index contributed by atoms with van der Waals surface area (Å²) < 4.78 is 10.6. The van der Waals surface area contributed by atoms with E-state index in [4.69, 9.17) is 9.47 Å². The first kappa shape index (κ1) is 19.1. The molecule has 1 atom stereocenters. The van der Waals surface area contributed by atoms with Crippen molar-refractivity contribution in [2.75, 3.05) is 52.8 Å². The number of nitrogens with one attached hydrogen (secondary N) is 2. The largest absolute Gasteiger partial charge is 0.497 e. The first-order chi connectivity index (χ1) is 12.0. The Balaban J connectivity index is 2.01. The van der Waals surface area contributed by atoms with Crippen LogP contribution in [0.4, 0.5) is 5.69 Å². The first-order valence-corrected chi connectivity index (χ1v) is 8.55. The minimum Gasteiger partial charge on any atom is -0.497 e. The Bertz CT molecular complexity index is 618. The van der Waals surface area contributed by atoms with Crippen LogP contribution in [-0.2, 0) is 9.59 Å². The molecule has 1 aliphatic rings. The third-order valence-corrected chi connectivity index (χ3v) is 4.33. The van der Waals surface area contributed by atoms with Crippen LogP contribution in [0.1, 0.15) is 12.8 Å². The third kappa shape index (κ3) is 4.85. The fourth-order valence-corrected chi connectivity index (χ4v) is 2.92. The number of rotatable bonds is 8. The highest BCUT2D eigenvalue weighted by Gasteiger charge is 2.36. The predicted octanol–water partition coefficient (Wildman–Crippen LogP) is -0.292. The zero-order valence-electron chi connectivity index (χ0n) is 15.4. The van der Waals surface area contributed by atoms with E-state index in [1.807, 2.05) is 0 Å². The summed E-state index contributed by atoms with van der Waals surface area (Å²) in [7, 11) is 7.29. The van der Waals surface area contributed by atoms with E-state index >= 15 is 0 Å². The molecule has 0 radical (unpaired) electrons. The SMILES string of the molecule is COc1ccc(OC)c(N2C[C@@H](C(=O)NCCC[NH+](C)C)CC2=O)c1. The van der Waals surface area contributed by atoms with Gasteiger partial charge in [-0.25, -0.2) is 0 Å². The maximum absolute atomic E-state index is 12.4. The quantitative estimate of drug-likeness (QED) is 0.632. The van der Waals surface area contributed by atoms with Crippen molar-refractivity contribution in [2.24, 2.45) is 5.92 Å². The highest BCUT2D eigenvalue weighted by molar-refractivity contribution is 6.01. The highest BCUT2D eigenvalue weighted by Crippen LogP contribution is 2.35. The van der Waals surface area contributed by atoms with Gasteiger partial charge in [0.1, 0.15) is 11.5 Å². The van der Waals surface area contributed by atoms with Gasteiger partial charge in [-0.3, -0.25) is 9.59 Å². The van der Waals surface area contributed by atoms with Gasteiger partial charge < -0.3 is 24.6 Å². The molecule has 0 aliphatic carbocycles. The summed E-state index contributed by atoms with van der Waals surface area (Å²) in [6.45, 7) is 1.99. The number of ether oxygens (including phenoxy) is 2. The fourth-order valence-electron chi connectivity index (χ4n) is 2.92. The van der Waals surface area contributed by atoms with E-state index in [2.05, 4.69) is 19.4 Å². The number of nitrogens with zero attached hydrogens (tertiary/aromatic N) is 1. The molecule has 1 saturated heterocycles. The molecule has 1 aromatic carbocycles. The predicted molar refractivity (Wildman–Crippen MR) is 95.3 cm³/mol. The maximum Gasteiger partial charge on any atom is 0.227 e. The average molecular weight is 350 g/mol. The third-order valence-electron chi connectivity index (χ3n) is 4.33. The number of amides is 2. The fraction of sp³-hybridized carbons (Fsp3) is 0.556. The van der Waals surface area contributed by atoms with Crippen molar-refractivity contribution in [1.29, 1.82) is 0 Å². The van der Waals surface area contributed by atoms with E-state index in [1.165, 1.54) is 4.90 Å². The lowest BCUT2D eigenvalue weighted by Gasteiger charge is -2.20. The van der Waals surface area contributed by atoms with E-state index in [0.717, 1.165) is 13.0 Å². The molecule has 1 aliphatic heterocycles. The lowest BCUT2D eigenvalue weighted by atomic mass is 10.1. The topological polar surface area (TPSA) is 72.3 Å². The second-order valence-corrected chi connectivity index (χ2v) is 6.54.